The highest BCUT2D eigenvalue weighted by molar-refractivity contribution is 6.31. The summed E-state index contributed by atoms with van der Waals surface area (Å²) < 4.78 is 5.27. The molecule has 0 saturated carbocycles. The van der Waals surface area contributed by atoms with Gasteiger partial charge in [-0.15, -0.1) is 0 Å². The number of amides is 2. The molecule has 0 bridgehead atoms. The van der Waals surface area contributed by atoms with E-state index in [1.165, 1.54) is 11.2 Å². The van der Waals surface area contributed by atoms with Crippen molar-refractivity contribution >= 4 is 29.1 Å². The minimum Gasteiger partial charge on any atom is -0.459 e. The van der Waals surface area contributed by atoms with E-state index in [1.54, 1.807) is 24.3 Å². The Morgan fingerprint density at radius 3 is 2.65 bits per heavy atom. The highest BCUT2D eigenvalue weighted by Crippen LogP contribution is 2.37. The minimum absolute atomic E-state index is 0.0919. The van der Waals surface area contributed by atoms with Gasteiger partial charge in [-0.25, -0.2) is 0 Å². The summed E-state index contributed by atoms with van der Waals surface area (Å²) in [5, 5.41) is 3.36. The van der Waals surface area contributed by atoms with Crippen molar-refractivity contribution in [1.82, 2.24) is 4.90 Å². The lowest BCUT2D eigenvalue weighted by Crippen LogP contribution is -2.38. The molecule has 130 valence electrons. The maximum atomic E-state index is 13.0. The molecule has 2 heterocycles. The van der Waals surface area contributed by atoms with Crippen molar-refractivity contribution in [2.24, 2.45) is 0 Å². The van der Waals surface area contributed by atoms with Gasteiger partial charge in [0.1, 0.15) is 6.54 Å². The standard InChI is InChI=1S/C20H15ClN2O3/c21-14-8-9-15-16(11-14)22-18(24)12-23(20(25)17-7-4-10-26-17)19(15)13-5-2-1-3-6-13/h1-11,19H,12H2,(H,22,24)/t19-/m0/s1. The summed E-state index contributed by atoms with van der Waals surface area (Å²) in [6.45, 7) is -0.0919. The number of hydrogen-bond acceptors (Lipinski definition) is 3. The van der Waals surface area contributed by atoms with Gasteiger partial charge in [-0.3, -0.25) is 9.59 Å². The summed E-state index contributed by atoms with van der Waals surface area (Å²) in [6, 6.07) is 17.7. The van der Waals surface area contributed by atoms with Crippen molar-refractivity contribution in [2.75, 3.05) is 11.9 Å². The molecule has 6 heteroatoms. The summed E-state index contributed by atoms with van der Waals surface area (Å²) >= 11 is 6.10. The van der Waals surface area contributed by atoms with Crippen LogP contribution in [0.3, 0.4) is 0 Å². The van der Waals surface area contributed by atoms with E-state index in [9.17, 15) is 9.59 Å². The lowest BCUT2D eigenvalue weighted by molar-refractivity contribution is -0.117. The monoisotopic (exact) mass is 366 g/mol. The molecule has 0 spiro atoms. The number of rotatable bonds is 2. The second-order valence-electron chi connectivity index (χ2n) is 6.00. The number of nitrogens with one attached hydrogen (secondary N) is 1. The van der Waals surface area contributed by atoms with E-state index in [4.69, 9.17) is 16.0 Å². The Hall–Kier alpha value is -3.05. The van der Waals surface area contributed by atoms with Gasteiger partial charge in [0.25, 0.3) is 5.91 Å². The molecule has 0 fully saturated rings. The fourth-order valence-electron chi connectivity index (χ4n) is 3.20. The van der Waals surface area contributed by atoms with Gasteiger partial charge in [-0.1, -0.05) is 48.0 Å². The second-order valence-corrected chi connectivity index (χ2v) is 6.44. The minimum atomic E-state index is -0.444. The van der Waals surface area contributed by atoms with Crippen LogP contribution in [0.25, 0.3) is 0 Å². The zero-order chi connectivity index (χ0) is 18.1. The molecule has 5 nitrogen and oxygen atoms in total. The second kappa shape index (κ2) is 6.69. The SMILES string of the molecule is O=C1CN(C(=O)c2ccco2)[C@@H](c2ccccc2)c2ccc(Cl)cc2N1. The summed E-state index contributed by atoms with van der Waals surface area (Å²) in [5.41, 5.74) is 2.30. The zero-order valence-corrected chi connectivity index (χ0v) is 14.4. The topological polar surface area (TPSA) is 62.6 Å². The van der Waals surface area contributed by atoms with Crippen molar-refractivity contribution in [1.29, 1.82) is 0 Å². The molecule has 0 unspecified atom stereocenters. The highest BCUT2D eigenvalue weighted by atomic mass is 35.5. The Kier molecular flexibility index (Phi) is 4.22. The average Bonchev–Trinajstić information content (AvgIpc) is 3.13. The van der Waals surface area contributed by atoms with Crippen LogP contribution in [0, 0.1) is 0 Å². The molecule has 26 heavy (non-hydrogen) atoms. The normalized spacial score (nSPS) is 16.6. The lowest BCUT2D eigenvalue weighted by Gasteiger charge is -2.29. The predicted molar refractivity (Wildman–Crippen MR) is 98.1 cm³/mol. The van der Waals surface area contributed by atoms with E-state index in [-0.39, 0.29) is 24.1 Å². The van der Waals surface area contributed by atoms with Crippen molar-refractivity contribution in [3.63, 3.8) is 0 Å². The van der Waals surface area contributed by atoms with Gasteiger partial charge in [0, 0.05) is 16.3 Å². The van der Waals surface area contributed by atoms with Crippen molar-refractivity contribution in [2.45, 2.75) is 6.04 Å². The van der Waals surface area contributed by atoms with Crippen molar-refractivity contribution < 1.29 is 14.0 Å². The van der Waals surface area contributed by atoms with E-state index in [0.29, 0.717) is 10.7 Å². The molecule has 1 aromatic heterocycles. The van der Waals surface area contributed by atoms with Gasteiger partial charge in [-0.05, 0) is 29.8 Å². The van der Waals surface area contributed by atoms with Crippen LogP contribution in [0.15, 0.2) is 71.3 Å². The first-order chi connectivity index (χ1) is 12.6. The van der Waals surface area contributed by atoms with E-state index >= 15 is 0 Å². The molecule has 1 N–H and O–H groups in total. The van der Waals surface area contributed by atoms with Crippen LogP contribution >= 0.6 is 11.6 Å². The molecule has 0 radical (unpaired) electrons. The lowest BCUT2D eigenvalue weighted by atomic mass is 9.95. The Morgan fingerprint density at radius 2 is 1.92 bits per heavy atom. The maximum absolute atomic E-state index is 13.0. The Bertz CT molecular complexity index is 954. The first-order valence-corrected chi connectivity index (χ1v) is 8.50. The van der Waals surface area contributed by atoms with Gasteiger partial charge in [0.2, 0.25) is 5.91 Å². The third-order valence-corrected chi connectivity index (χ3v) is 4.55. The van der Waals surface area contributed by atoms with Crippen LogP contribution in [-0.2, 0) is 4.79 Å². The quantitative estimate of drug-likeness (QED) is 0.742. The van der Waals surface area contributed by atoms with Gasteiger partial charge >= 0.3 is 0 Å². The largest absolute Gasteiger partial charge is 0.459 e. The zero-order valence-electron chi connectivity index (χ0n) is 13.7. The first-order valence-electron chi connectivity index (χ1n) is 8.12. The van der Waals surface area contributed by atoms with Gasteiger partial charge in [0.15, 0.2) is 5.76 Å². The van der Waals surface area contributed by atoms with Crippen LogP contribution in [0.4, 0.5) is 5.69 Å². The summed E-state index contributed by atoms with van der Waals surface area (Å²) in [5.74, 6) is -0.440. The van der Waals surface area contributed by atoms with Crippen LogP contribution in [0.5, 0.6) is 0 Å². The van der Waals surface area contributed by atoms with Crippen LogP contribution in [-0.4, -0.2) is 23.3 Å². The van der Waals surface area contributed by atoms with E-state index < -0.39 is 6.04 Å². The van der Waals surface area contributed by atoms with Crippen molar-refractivity contribution in [3.8, 4) is 0 Å². The Morgan fingerprint density at radius 1 is 1.12 bits per heavy atom. The molecule has 1 atom stereocenters. The number of halogens is 1. The molecule has 3 aromatic rings. The maximum Gasteiger partial charge on any atom is 0.290 e. The average molecular weight is 367 g/mol. The number of carbonyl (C=O) groups excluding carboxylic acids is 2. The fourth-order valence-corrected chi connectivity index (χ4v) is 3.38. The van der Waals surface area contributed by atoms with E-state index in [2.05, 4.69) is 5.32 Å². The number of benzene rings is 2. The summed E-state index contributed by atoms with van der Waals surface area (Å²) in [4.78, 5) is 27.0. The molecule has 1 aliphatic rings. The smallest absolute Gasteiger partial charge is 0.290 e. The summed E-state index contributed by atoms with van der Waals surface area (Å²) in [7, 11) is 0. The summed E-state index contributed by atoms with van der Waals surface area (Å²) in [6.07, 6.45) is 1.44. The number of carbonyl (C=O) groups is 2. The Balaban J connectivity index is 1.89. The number of anilines is 1. The number of fused-ring (bicyclic) bond motifs is 1. The molecule has 2 amide bonds. The van der Waals surface area contributed by atoms with Gasteiger partial charge in [-0.2, -0.15) is 0 Å². The highest BCUT2D eigenvalue weighted by Gasteiger charge is 2.34. The predicted octanol–water partition coefficient (Wildman–Crippen LogP) is 4.12. The third-order valence-electron chi connectivity index (χ3n) is 4.32. The molecule has 1 aliphatic heterocycles. The van der Waals surface area contributed by atoms with Gasteiger partial charge < -0.3 is 14.6 Å². The molecular weight excluding hydrogens is 352 g/mol. The van der Waals surface area contributed by atoms with Gasteiger partial charge in [0.05, 0.1) is 12.3 Å². The van der Waals surface area contributed by atoms with Crippen molar-refractivity contribution in [3.05, 3.63) is 88.8 Å². The molecule has 2 aromatic carbocycles. The first kappa shape index (κ1) is 16.4. The van der Waals surface area contributed by atoms with E-state index in [1.807, 2.05) is 36.4 Å². The molecular formula is C20H15ClN2O3. The molecule has 4 rings (SSSR count). The number of furan rings is 1. The molecule has 0 aliphatic carbocycles. The van der Waals surface area contributed by atoms with Crippen LogP contribution in [0.2, 0.25) is 5.02 Å². The molecule has 0 saturated heterocycles. The Labute approximate surface area is 155 Å². The number of nitrogens with zero attached hydrogens (tertiary/aromatic N) is 1. The fraction of sp³-hybridized carbons (Fsp3) is 0.100. The van der Waals surface area contributed by atoms with Crippen LogP contribution in [0.1, 0.15) is 27.7 Å². The number of hydrogen-bond donors (Lipinski definition) is 1. The van der Waals surface area contributed by atoms with Crippen LogP contribution < -0.4 is 5.32 Å². The van der Waals surface area contributed by atoms with E-state index in [0.717, 1.165) is 11.1 Å². The third kappa shape index (κ3) is 2.97.